The summed E-state index contributed by atoms with van der Waals surface area (Å²) in [5.41, 5.74) is -0.155. The number of carboxylic acids is 1. The van der Waals surface area contributed by atoms with Crippen LogP contribution in [0.1, 0.15) is 12.0 Å². The van der Waals surface area contributed by atoms with Crippen LogP contribution in [0.2, 0.25) is 0 Å². The van der Waals surface area contributed by atoms with Gasteiger partial charge in [-0.15, -0.1) is 0 Å². The SMILES string of the molecule is O=C(O)[C@H]1CN(CCn2c(=O)ccc3c(F)cc(F)cc32)CC[C@H]1NCC=Cc1cc(F)ccc1F. The van der Waals surface area contributed by atoms with Gasteiger partial charge in [0.25, 0.3) is 5.56 Å². The Bertz CT molecular complexity index is 1360. The topological polar surface area (TPSA) is 74.6 Å². The first kappa shape index (κ1) is 25.6. The number of fused-ring (bicyclic) bond motifs is 1. The predicted molar refractivity (Wildman–Crippen MR) is 127 cm³/mol. The molecule has 1 aliphatic rings. The monoisotopic (exact) mass is 503 g/mol. The summed E-state index contributed by atoms with van der Waals surface area (Å²) in [5, 5.41) is 13.0. The number of hydrogen-bond donors (Lipinski definition) is 2. The van der Waals surface area contributed by atoms with Gasteiger partial charge >= 0.3 is 5.97 Å². The van der Waals surface area contributed by atoms with Crippen LogP contribution in [-0.4, -0.2) is 52.8 Å². The molecule has 0 aliphatic carbocycles. The smallest absolute Gasteiger partial charge is 0.309 e. The lowest BCUT2D eigenvalue weighted by Crippen LogP contribution is -2.52. The zero-order valence-corrected chi connectivity index (χ0v) is 19.3. The molecule has 1 saturated heterocycles. The number of piperidine rings is 1. The average Bonchev–Trinajstić information content (AvgIpc) is 2.83. The van der Waals surface area contributed by atoms with Gasteiger partial charge in [-0.25, -0.2) is 17.6 Å². The second-order valence-corrected chi connectivity index (χ2v) is 8.76. The standard InChI is InChI=1S/C26H25F4N3O3/c27-17-3-5-21(29)16(12-17)2-1-8-31-23-7-9-32(15-20(23)26(35)36)10-11-33-24-14-18(28)13-22(30)19(24)4-6-25(33)34/h1-6,12-14,20,23,31H,7-11,15H2,(H,35,36)/t20-,23+/m0/s1. The van der Waals surface area contributed by atoms with Crippen molar-refractivity contribution in [3.05, 3.63) is 87.7 Å². The van der Waals surface area contributed by atoms with Crippen molar-refractivity contribution in [3.63, 3.8) is 0 Å². The van der Waals surface area contributed by atoms with Crippen LogP contribution in [-0.2, 0) is 11.3 Å². The van der Waals surface area contributed by atoms with E-state index in [9.17, 15) is 32.3 Å². The summed E-state index contributed by atoms with van der Waals surface area (Å²) in [6.07, 6.45) is 3.55. The van der Waals surface area contributed by atoms with Gasteiger partial charge in [-0.05, 0) is 43.3 Å². The maximum atomic E-state index is 14.1. The van der Waals surface area contributed by atoms with Crippen molar-refractivity contribution >= 4 is 22.9 Å². The fourth-order valence-corrected chi connectivity index (χ4v) is 4.56. The molecule has 0 radical (unpaired) electrons. The minimum absolute atomic E-state index is 0.102. The number of nitrogens with zero attached hydrogens (tertiary/aromatic N) is 2. The minimum Gasteiger partial charge on any atom is -0.481 e. The number of aliphatic carboxylic acids is 1. The second kappa shape index (κ2) is 11.0. The fourth-order valence-electron chi connectivity index (χ4n) is 4.56. The number of pyridine rings is 1. The molecule has 190 valence electrons. The average molecular weight is 503 g/mol. The van der Waals surface area contributed by atoms with Crippen LogP contribution in [0.15, 0.2) is 53.3 Å². The van der Waals surface area contributed by atoms with Crippen LogP contribution in [0, 0.1) is 29.2 Å². The zero-order valence-electron chi connectivity index (χ0n) is 19.3. The van der Waals surface area contributed by atoms with Gasteiger partial charge in [0.05, 0.1) is 11.4 Å². The number of carboxylic acid groups (broad SMARTS) is 1. The molecule has 4 rings (SSSR count). The molecule has 36 heavy (non-hydrogen) atoms. The van der Waals surface area contributed by atoms with E-state index >= 15 is 0 Å². The first-order chi connectivity index (χ1) is 17.2. The Labute approximate surface area is 204 Å². The molecule has 2 aromatic carbocycles. The summed E-state index contributed by atoms with van der Waals surface area (Å²) in [4.78, 5) is 26.2. The van der Waals surface area contributed by atoms with Gasteiger partial charge in [0.15, 0.2) is 0 Å². The Hall–Kier alpha value is -3.50. The van der Waals surface area contributed by atoms with E-state index in [0.717, 1.165) is 30.3 Å². The summed E-state index contributed by atoms with van der Waals surface area (Å²) in [5.74, 6) is -4.37. The Morgan fingerprint density at radius 1 is 1.03 bits per heavy atom. The highest BCUT2D eigenvalue weighted by Gasteiger charge is 2.33. The van der Waals surface area contributed by atoms with E-state index in [1.54, 1.807) is 6.08 Å². The highest BCUT2D eigenvalue weighted by atomic mass is 19.1. The first-order valence-corrected chi connectivity index (χ1v) is 11.5. The zero-order chi connectivity index (χ0) is 25.8. The van der Waals surface area contributed by atoms with Gasteiger partial charge in [0, 0.05) is 55.3 Å². The third-order valence-electron chi connectivity index (χ3n) is 6.43. The summed E-state index contributed by atoms with van der Waals surface area (Å²) in [6.45, 7) is 1.51. The molecule has 2 N–H and O–H groups in total. The minimum atomic E-state index is -0.983. The molecular weight excluding hydrogens is 478 g/mol. The number of carbonyl (C=O) groups is 1. The van der Waals surface area contributed by atoms with Crippen LogP contribution in [0.3, 0.4) is 0 Å². The molecule has 1 aromatic heterocycles. The molecule has 0 spiro atoms. The Balaban J connectivity index is 1.38. The number of likely N-dealkylation sites (tertiary alicyclic amines) is 1. The van der Waals surface area contributed by atoms with Crippen molar-refractivity contribution in [2.24, 2.45) is 5.92 Å². The maximum Gasteiger partial charge on any atom is 0.309 e. The van der Waals surface area contributed by atoms with Crippen LogP contribution in [0.5, 0.6) is 0 Å². The number of hydrogen-bond acceptors (Lipinski definition) is 4. The van der Waals surface area contributed by atoms with Crippen molar-refractivity contribution in [2.45, 2.75) is 19.0 Å². The number of aromatic nitrogens is 1. The molecule has 0 saturated carbocycles. The van der Waals surface area contributed by atoms with Gasteiger partial charge in [-0.1, -0.05) is 12.2 Å². The van der Waals surface area contributed by atoms with Crippen LogP contribution < -0.4 is 10.9 Å². The van der Waals surface area contributed by atoms with Gasteiger partial charge in [0.2, 0.25) is 0 Å². The molecule has 3 aromatic rings. The van der Waals surface area contributed by atoms with Gasteiger partial charge in [0.1, 0.15) is 23.3 Å². The third kappa shape index (κ3) is 5.83. The Morgan fingerprint density at radius 2 is 1.83 bits per heavy atom. The second-order valence-electron chi connectivity index (χ2n) is 8.76. The first-order valence-electron chi connectivity index (χ1n) is 11.5. The quantitative estimate of drug-likeness (QED) is 0.460. The number of benzene rings is 2. The lowest BCUT2D eigenvalue weighted by atomic mass is 9.92. The molecule has 10 heteroatoms. The Morgan fingerprint density at radius 3 is 2.61 bits per heavy atom. The molecule has 0 amide bonds. The summed E-state index contributed by atoms with van der Waals surface area (Å²) >= 11 is 0. The van der Waals surface area contributed by atoms with Crippen LogP contribution in [0.25, 0.3) is 17.0 Å². The lowest BCUT2D eigenvalue weighted by molar-refractivity contribution is -0.144. The van der Waals surface area contributed by atoms with Crippen LogP contribution in [0.4, 0.5) is 17.6 Å². The van der Waals surface area contributed by atoms with Gasteiger partial charge in [-0.3, -0.25) is 9.59 Å². The van der Waals surface area contributed by atoms with Gasteiger partial charge in [-0.2, -0.15) is 0 Å². The third-order valence-corrected chi connectivity index (χ3v) is 6.43. The highest BCUT2D eigenvalue weighted by Crippen LogP contribution is 2.20. The van der Waals surface area contributed by atoms with E-state index in [-0.39, 0.29) is 42.1 Å². The van der Waals surface area contributed by atoms with E-state index < -0.39 is 40.7 Å². The molecule has 2 atom stereocenters. The van der Waals surface area contributed by atoms with E-state index in [1.165, 1.54) is 22.8 Å². The van der Waals surface area contributed by atoms with Crippen molar-refractivity contribution in [1.82, 2.24) is 14.8 Å². The van der Waals surface area contributed by atoms with Crippen molar-refractivity contribution < 1.29 is 27.5 Å². The number of nitrogens with one attached hydrogen (secondary N) is 1. The van der Waals surface area contributed by atoms with E-state index in [4.69, 9.17) is 0 Å². The van der Waals surface area contributed by atoms with E-state index in [2.05, 4.69) is 5.32 Å². The fraction of sp³-hybridized carbons (Fsp3) is 0.308. The maximum absolute atomic E-state index is 14.1. The van der Waals surface area contributed by atoms with E-state index in [0.29, 0.717) is 19.5 Å². The molecule has 0 bridgehead atoms. The molecule has 2 heterocycles. The van der Waals surface area contributed by atoms with Crippen molar-refractivity contribution in [3.8, 4) is 0 Å². The summed E-state index contributed by atoms with van der Waals surface area (Å²) in [6, 6.07) is 7.22. The van der Waals surface area contributed by atoms with Crippen molar-refractivity contribution in [1.29, 1.82) is 0 Å². The van der Waals surface area contributed by atoms with Crippen molar-refractivity contribution in [2.75, 3.05) is 26.2 Å². The molecule has 0 unspecified atom stereocenters. The predicted octanol–water partition coefficient (Wildman–Crippen LogP) is 3.64. The largest absolute Gasteiger partial charge is 0.481 e. The number of rotatable bonds is 8. The van der Waals surface area contributed by atoms with E-state index in [1.807, 2.05) is 4.90 Å². The lowest BCUT2D eigenvalue weighted by Gasteiger charge is -2.37. The van der Waals surface area contributed by atoms with Gasteiger partial charge < -0.3 is 19.9 Å². The Kier molecular flexibility index (Phi) is 7.85. The number of halogens is 4. The molecule has 6 nitrogen and oxygen atoms in total. The summed E-state index contributed by atoms with van der Waals surface area (Å²) < 4.78 is 56.2. The summed E-state index contributed by atoms with van der Waals surface area (Å²) in [7, 11) is 0. The van der Waals surface area contributed by atoms with Crippen LogP contribution >= 0.6 is 0 Å². The molecule has 1 fully saturated rings. The highest BCUT2D eigenvalue weighted by molar-refractivity contribution is 5.79. The molecular formula is C26H25F4N3O3. The molecule has 1 aliphatic heterocycles. The normalized spacial score (nSPS) is 18.8.